The maximum Gasteiger partial charge on any atom is 0.264 e. The van der Waals surface area contributed by atoms with E-state index in [0.717, 1.165) is 6.26 Å². The van der Waals surface area contributed by atoms with Crippen molar-refractivity contribution in [1.82, 2.24) is 0 Å². The summed E-state index contributed by atoms with van der Waals surface area (Å²) in [6, 6.07) is 0. The predicted octanol–water partition coefficient (Wildman–Crippen LogP) is 2.37. The van der Waals surface area contributed by atoms with Gasteiger partial charge in [-0.2, -0.15) is 8.42 Å². The molecule has 4 nitrogen and oxygen atoms in total. The highest BCUT2D eigenvalue weighted by Crippen LogP contribution is 2.36. The Morgan fingerprint density at radius 1 is 1.25 bits per heavy atom. The fourth-order valence-electron chi connectivity index (χ4n) is 0.868. The second-order valence-electron chi connectivity index (χ2n) is 5.68. The van der Waals surface area contributed by atoms with Crippen molar-refractivity contribution in [3.63, 3.8) is 0 Å². The Labute approximate surface area is 101 Å². The standard InChI is InChI=1S/C10H24O4SSi/c1-9(14-15(5,11)12)8-13-16(6,7)10(2,3)4/h9H,8H2,1-7H3/t9-/m0/s1. The van der Waals surface area contributed by atoms with Gasteiger partial charge >= 0.3 is 0 Å². The van der Waals surface area contributed by atoms with Crippen molar-refractivity contribution in [3.8, 4) is 0 Å². The van der Waals surface area contributed by atoms with Crippen LogP contribution in [0.2, 0.25) is 18.1 Å². The van der Waals surface area contributed by atoms with Gasteiger partial charge in [0.15, 0.2) is 8.32 Å². The fraction of sp³-hybridized carbons (Fsp3) is 1.00. The van der Waals surface area contributed by atoms with Crippen LogP contribution in [0.3, 0.4) is 0 Å². The largest absolute Gasteiger partial charge is 0.414 e. The minimum Gasteiger partial charge on any atom is -0.414 e. The predicted molar refractivity (Wildman–Crippen MR) is 68.5 cm³/mol. The lowest BCUT2D eigenvalue weighted by Gasteiger charge is -2.36. The van der Waals surface area contributed by atoms with Crippen LogP contribution in [0, 0.1) is 0 Å². The first kappa shape index (κ1) is 16.1. The van der Waals surface area contributed by atoms with Crippen molar-refractivity contribution in [2.45, 2.75) is 51.9 Å². The summed E-state index contributed by atoms with van der Waals surface area (Å²) in [6.45, 7) is 12.7. The Bertz CT molecular complexity index is 316. The van der Waals surface area contributed by atoms with Gasteiger partial charge in [-0.25, -0.2) is 0 Å². The second kappa shape index (κ2) is 5.16. The molecule has 0 spiro atoms. The van der Waals surface area contributed by atoms with E-state index in [4.69, 9.17) is 8.61 Å². The molecular weight excluding hydrogens is 244 g/mol. The highest BCUT2D eigenvalue weighted by molar-refractivity contribution is 7.86. The fourth-order valence-corrected chi connectivity index (χ4v) is 2.61. The molecule has 0 rings (SSSR count). The molecule has 0 saturated carbocycles. The van der Waals surface area contributed by atoms with Gasteiger partial charge in [-0.1, -0.05) is 20.8 Å². The lowest BCUT2D eigenvalue weighted by molar-refractivity contribution is 0.140. The molecule has 16 heavy (non-hydrogen) atoms. The van der Waals surface area contributed by atoms with E-state index in [1.165, 1.54) is 0 Å². The summed E-state index contributed by atoms with van der Waals surface area (Å²) in [5, 5.41) is 0.123. The summed E-state index contributed by atoms with van der Waals surface area (Å²) < 4.78 is 32.5. The Morgan fingerprint density at radius 2 is 1.69 bits per heavy atom. The van der Waals surface area contributed by atoms with Crippen LogP contribution >= 0.6 is 0 Å². The average molecular weight is 268 g/mol. The van der Waals surface area contributed by atoms with Gasteiger partial charge in [-0.15, -0.1) is 0 Å². The molecule has 0 aromatic rings. The monoisotopic (exact) mass is 268 g/mol. The highest BCUT2D eigenvalue weighted by atomic mass is 32.2. The first-order chi connectivity index (χ1) is 6.85. The Balaban J connectivity index is 4.26. The van der Waals surface area contributed by atoms with E-state index >= 15 is 0 Å². The third-order valence-electron chi connectivity index (χ3n) is 2.82. The molecular formula is C10H24O4SSi. The van der Waals surface area contributed by atoms with E-state index in [0.29, 0.717) is 6.61 Å². The minimum absolute atomic E-state index is 0.123. The van der Waals surface area contributed by atoms with Crippen molar-refractivity contribution in [1.29, 1.82) is 0 Å². The molecule has 0 bridgehead atoms. The molecule has 0 N–H and O–H groups in total. The van der Waals surface area contributed by atoms with Crippen LogP contribution in [-0.2, 0) is 18.7 Å². The quantitative estimate of drug-likeness (QED) is 0.567. The summed E-state index contributed by atoms with van der Waals surface area (Å²) in [5.74, 6) is 0. The van der Waals surface area contributed by atoms with Gasteiger partial charge in [0, 0.05) is 0 Å². The molecule has 0 amide bonds. The normalized spacial score (nSPS) is 16.2. The van der Waals surface area contributed by atoms with E-state index in [1.54, 1.807) is 6.92 Å². The summed E-state index contributed by atoms with van der Waals surface area (Å²) in [7, 11) is -5.21. The Morgan fingerprint density at radius 3 is 2.00 bits per heavy atom. The zero-order chi connectivity index (χ0) is 13.2. The summed E-state index contributed by atoms with van der Waals surface area (Å²) in [6.07, 6.45) is 0.625. The highest BCUT2D eigenvalue weighted by Gasteiger charge is 2.37. The minimum atomic E-state index is -3.39. The van der Waals surface area contributed by atoms with Gasteiger partial charge in [0.25, 0.3) is 10.1 Å². The maximum absolute atomic E-state index is 10.9. The second-order valence-corrected chi connectivity index (χ2v) is 12.1. The molecule has 0 aromatic heterocycles. The van der Waals surface area contributed by atoms with Crippen LogP contribution in [0.15, 0.2) is 0 Å². The summed E-state index contributed by atoms with van der Waals surface area (Å²) in [5.41, 5.74) is 0. The molecule has 1 atom stereocenters. The topological polar surface area (TPSA) is 52.6 Å². The molecule has 0 aliphatic heterocycles. The van der Waals surface area contributed by atoms with Gasteiger partial charge < -0.3 is 4.43 Å². The Kier molecular flexibility index (Phi) is 5.19. The first-order valence-corrected chi connectivity index (χ1v) is 10.1. The molecule has 0 heterocycles. The average Bonchev–Trinajstić information content (AvgIpc) is 1.95. The molecule has 0 aliphatic rings. The third-order valence-corrected chi connectivity index (χ3v) is 8.00. The van der Waals surface area contributed by atoms with Crippen molar-refractivity contribution in [2.24, 2.45) is 0 Å². The summed E-state index contributed by atoms with van der Waals surface area (Å²) >= 11 is 0. The van der Waals surface area contributed by atoms with Gasteiger partial charge in [-0.3, -0.25) is 4.18 Å². The van der Waals surface area contributed by atoms with E-state index in [1.807, 2.05) is 0 Å². The van der Waals surface area contributed by atoms with E-state index in [2.05, 4.69) is 33.9 Å². The molecule has 0 saturated heterocycles. The third kappa shape index (κ3) is 5.98. The van der Waals surface area contributed by atoms with Crippen molar-refractivity contribution in [2.75, 3.05) is 12.9 Å². The molecule has 0 fully saturated rings. The first-order valence-electron chi connectivity index (χ1n) is 5.37. The molecule has 6 heteroatoms. The molecule has 0 radical (unpaired) electrons. The number of rotatable bonds is 5. The number of hydrogen-bond acceptors (Lipinski definition) is 4. The van der Waals surface area contributed by atoms with Crippen LogP contribution in [0.25, 0.3) is 0 Å². The zero-order valence-electron chi connectivity index (χ0n) is 11.3. The van der Waals surface area contributed by atoms with E-state index in [-0.39, 0.29) is 5.04 Å². The lowest BCUT2D eigenvalue weighted by Crippen LogP contribution is -2.42. The maximum atomic E-state index is 10.9. The van der Waals surface area contributed by atoms with Crippen LogP contribution < -0.4 is 0 Å². The van der Waals surface area contributed by atoms with Crippen molar-refractivity contribution in [3.05, 3.63) is 0 Å². The van der Waals surface area contributed by atoms with Crippen LogP contribution in [0.5, 0.6) is 0 Å². The Hall–Kier alpha value is 0.0869. The SMILES string of the molecule is C[C@@H](CO[Si](C)(C)C(C)(C)C)OS(C)(=O)=O. The van der Waals surface area contributed by atoms with Crippen LogP contribution in [0.1, 0.15) is 27.7 Å². The summed E-state index contributed by atoms with van der Waals surface area (Å²) in [4.78, 5) is 0. The lowest BCUT2D eigenvalue weighted by atomic mass is 10.2. The van der Waals surface area contributed by atoms with Crippen LogP contribution in [0.4, 0.5) is 0 Å². The number of hydrogen-bond donors (Lipinski definition) is 0. The van der Waals surface area contributed by atoms with Gasteiger partial charge in [-0.05, 0) is 25.1 Å². The molecule has 0 aromatic carbocycles. The van der Waals surface area contributed by atoms with Crippen LogP contribution in [-0.4, -0.2) is 35.7 Å². The molecule has 0 aliphatic carbocycles. The zero-order valence-corrected chi connectivity index (χ0v) is 13.1. The van der Waals surface area contributed by atoms with Crippen molar-refractivity contribution < 1.29 is 17.0 Å². The van der Waals surface area contributed by atoms with Gasteiger partial charge in [0.2, 0.25) is 0 Å². The van der Waals surface area contributed by atoms with E-state index < -0.39 is 24.5 Å². The van der Waals surface area contributed by atoms with Gasteiger partial charge in [0.1, 0.15) is 0 Å². The molecule has 98 valence electrons. The van der Waals surface area contributed by atoms with Gasteiger partial charge in [0.05, 0.1) is 19.0 Å². The molecule has 0 unspecified atom stereocenters. The van der Waals surface area contributed by atoms with E-state index in [9.17, 15) is 8.42 Å². The smallest absolute Gasteiger partial charge is 0.264 e. The van der Waals surface area contributed by atoms with Crippen molar-refractivity contribution >= 4 is 18.4 Å².